The van der Waals surface area contributed by atoms with Crippen LogP contribution >= 0.6 is 0 Å². The van der Waals surface area contributed by atoms with Crippen LogP contribution in [0.1, 0.15) is 25.8 Å². The van der Waals surface area contributed by atoms with Crippen LogP contribution in [-0.2, 0) is 9.84 Å². The van der Waals surface area contributed by atoms with Gasteiger partial charge in [0, 0.05) is 25.5 Å². The van der Waals surface area contributed by atoms with E-state index in [1.54, 1.807) is 25.3 Å². The number of piperidine rings is 1. The molecule has 0 unspecified atom stereocenters. The standard InChI is InChI=1S/C16H21N3O2S/c1-2-22(20,21)16-9-4-3-8-15(16)18-11-5-7-14(13-18)19-12-6-10-17-19/h3-4,6,8-10,12,14H,2,5,7,11,13H2,1H3/t14-/m0/s1. The predicted molar refractivity (Wildman–Crippen MR) is 86.9 cm³/mol. The fourth-order valence-corrected chi connectivity index (χ4v) is 4.14. The van der Waals surface area contributed by atoms with E-state index in [0.717, 1.165) is 31.6 Å². The molecule has 0 saturated carbocycles. The molecule has 2 aromatic rings. The molecule has 3 rings (SSSR count). The minimum atomic E-state index is -3.21. The highest BCUT2D eigenvalue weighted by Crippen LogP contribution is 2.31. The lowest BCUT2D eigenvalue weighted by molar-refractivity contribution is 0.375. The summed E-state index contributed by atoms with van der Waals surface area (Å²) in [6, 6.07) is 9.54. The predicted octanol–water partition coefficient (Wildman–Crippen LogP) is 2.52. The maximum atomic E-state index is 12.3. The first kappa shape index (κ1) is 15.1. The number of hydrogen-bond acceptors (Lipinski definition) is 4. The van der Waals surface area contributed by atoms with Crippen LogP contribution < -0.4 is 4.90 Å². The molecule has 2 heterocycles. The van der Waals surface area contributed by atoms with Crippen molar-refractivity contribution < 1.29 is 8.42 Å². The van der Waals surface area contributed by atoms with E-state index in [4.69, 9.17) is 0 Å². The summed E-state index contributed by atoms with van der Waals surface area (Å²) in [6.07, 6.45) is 5.86. The van der Waals surface area contributed by atoms with Gasteiger partial charge in [-0.25, -0.2) is 8.42 Å². The van der Waals surface area contributed by atoms with Gasteiger partial charge in [0.25, 0.3) is 0 Å². The topological polar surface area (TPSA) is 55.2 Å². The second-order valence-corrected chi connectivity index (χ2v) is 7.85. The molecule has 22 heavy (non-hydrogen) atoms. The molecular weight excluding hydrogens is 298 g/mol. The maximum absolute atomic E-state index is 12.3. The van der Waals surface area contributed by atoms with E-state index in [9.17, 15) is 8.42 Å². The third-order valence-electron chi connectivity index (χ3n) is 4.22. The molecule has 1 saturated heterocycles. The Bertz CT molecular complexity index is 726. The van der Waals surface area contributed by atoms with E-state index in [0.29, 0.717) is 10.9 Å². The number of benzene rings is 1. The van der Waals surface area contributed by atoms with Crippen molar-refractivity contribution in [3.8, 4) is 0 Å². The van der Waals surface area contributed by atoms with Crippen LogP contribution in [0.5, 0.6) is 0 Å². The number of hydrogen-bond donors (Lipinski definition) is 0. The Hall–Kier alpha value is -1.82. The molecule has 0 spiro atoms. The van der Waals surface area contributed by atoms with E-state index in [-0.39, 0.29) is 5.75 Å². The number of aromatic nitrogens is 2. The molecule has 1 fully saturated rings. The Morgan fingerprint density at radius 3 is 2.82 bits per heavy atom. The van der Waals surface area contributed by atoms with Crippen molar-refractivity contribution in [2.24, 2.45) is 0 Å². The largest absolute Gasteiger partial charge is 0.368 e. The summed E-state index contributed by atoms with van der Waals surface area (Å²) in [7, 11) is -3.21. The van der Waals surface area contributed by atoms with Gasteiger partial charge in [0.2, 0.25) is 0 Å². The number of sulfone groups is 1. The van der Waals surface area contributed by atoms with Crippen LogP contribution in [0.25, 0.3) is 0 Å². The summed E-state index contributed by atoms with van der Waals surface area (Å²) < 4.78 is 26.6. The fourth-order valence-electron chi connectivity index (χ4n) is 3.02. The highest BCUT2D eigenvalue weighted by atomic mass is 32.2. The molecule has 1 aliphatic rings. The average molecular weight is 319 g/mol. The minimum absolute atomic E-state index is 0.125. The van der Waals surface area contributed by atoms with Crippen molar-refractivity contribution in [2.75, 3.05) is 23.7 Å². The first-order valence-electron chi connectivity index (χ1n) is 7.67. The Kier molecular flexibility index (Phi) is 4.20. The monoisotopic (exact) mass is 319 g/mol. The second-order valence-electron chi connectivity index (χ2n) is 5.60. The van der Waals surface area contributed by atoms with Crippen LogP contribution in [0.15, 0.2) is 47.6 Å². The van der Waals surface area contributed by atoms with Crippen molar-refractivity contribution >= 4 is 15.5 Å². The Balaban J connectivity index is 1.91. The summed E-state index contributed by atoms with van der Waals surface area (Å²) in [5.41, 5.74) is 0.821. The molecule has 1 atom stereocenters. The first-order valence-corrected chi connectivity index (χ1v) is 9.33. The van der Waals surface area contributed by atoms with E-state index in [1.165, 1.54) is 0 Å². The van der Waals surface area contributed by atoms with Gasteiger partial charge in [-0.05, 0) is 31.0 Å². The lowest BCUT2D eigenvalue weighted by Gasteiger charge is -2.35. The van der Waals surface area contributed by atoms with E-state index < -0.39 is 9.84 Å². The third kappa shape index (κ3) is 2.88. The second kappa shape index (κ2) is 6.12. The highest BCUT2D eigenvalue weighted by molar-refractivity contribution is 7.91. The average Bonchev–Trinajstić information content (AvgIpc) is 3.09. The van der Waals surface area contributed by atoms with Crippen LogP contribution in [0.2, 0.25) is 0 Å². The van der Waals surface area contributed by atoms with Crippen molar-refractivity contribution in [3.63, 3.8) is 0 Å². The minimum Gasteiger partial charge on any atom is -0.368 e. The molecule has 6 heteroatoms. The van der Waals surface area contributed by atoms with Crippen LogP contribution in [0.4, 0.5) is 5.69 Å². The number of rotatable bonds is 4. The molecule has 1 aliphatic heterocycles. The highest BCUT2D eigenvalue weighted by Gasteiger charge is 2.26. The molecule has 0 bridgehead atoms. The SMILES string of the molecule is CCS(=O)(=O)c1ccccc1N1CCC[C@H](n2cccn2)C1. The van der Waals surface area contributed by atoms with Gasteiger partial charge in [-0.15, -0.1) is 0 Å². The van der Waals surface area contributed by atoms with E-state index in [2.05, 4.69) is 10.00 Å². The zero-order valence-electron chi connectivity index (χ0n) is 12.7. The lowest BCUT2D eigenvalue weighted by Crippen LogP contribution is -2.37. The van der Waals surface area contributed by atoms with Crippen molar-refractivity contribution in [1.29, 1.82) is 0 Å². The fraction of sp³-hybridized carbons (Fsp3) is 0.438. The Morgan fingerprint density at radius 2 is 2.09 bits per heavy atom. The van der Waals surface area contributed by atoms with Gasteiger partial charge >= 0.3 is 0 Å². The Labute approximate surface area is 131 Å². The quantitative estimate of drug-likeness (QED) is 0.869. The number of para-hydroxylation sites is 1. The molecule has 0 amide bonds. The van der Waals surface area contributed by atoms with Crippen LogP contribution in [-0.4, -0.2) is 37.0 Å². The van der Waals surface area contributed by atoms with Crippen LogP contribution in [0.3, 0.4) is 0 Å². The van der Waals surface area contributed by atoms with Gasteiger partial charge in [0.15, 0.2) is 9.84 Å². The molecule has 0 aliphatic carbocycles. The molecular formula is C16H21N3O2S. The van der Waals surface area contributed by atoms with E-state index in [1.807, 2.05) is 29.1 Å². The maximum Gasteiger partial charge on any atom is 0.180 e. The molecule has 5 nitrogen and oxygen atoms in total. The van der Waals surface area contributed by atoms with Gasteiger partial charge in [0.05, 0.1) is 22.4 Å². The van der Waals surface area contributed by atoms with Gasteiger partial charge < -0.3 is 4.90 Å². The zero-order valence-corrected chi connectivity index (χ0v) is 13.5. The van der Waals surface area contributed by atoms with Gasteiger partial charge in [-0.3, -0.25) is 4.68 Å². The molecule has 1 aromatic carbocycles. The van der Waals surface area contributed by atoms with Crippen LogP contribution in [0, 0.1) is 0 Å². The van der Waals surface area contributed by atoms with Crippen molar-refractivity contribution in [2.45, 2.75) is 30.7 Å². The third-order valence-corrected chi connectivity index (χ3v) is 5.99. The van der Waals surface area contributed by atoms with Gasteiger partial charge in [-0.2, -0.15) is 5.10 Å². The smallest absolute Gasteiger partial charge is 0.180 e. The zero-order chi connectivity index (χ0) is 15.6. The molecule has 0 N–H and O–H groups in total. The van der Waals surface area contributed by atoms with Crippen molar-refractivity contribution in [1.82, 2.24) is 9.78 Å². The molecule has 0 radical (unpaired) electrons. The Morgan fingerprint density at radius 1 is 1.27 bits per heavy atom. The van der Waals surface area contributed by atoms with Crippen molar-refractivity contribution in [3.05, 3.63) is 42.7 Å². The normalized spacial score (nSPS) is 19.3. The number of anilines is 1. The molecule has 1 aromatic heterocycles. The first-order chi connectivity index (χ1) is 10.6. The summed E-state index contributed by atoms with van der Waals surface area (Å²) in [5, 5.41) is 4.33. The lowest BCUT2D eigenvalue weighted by atomic mass is 10.1. The summed E-state index contributed by atoms with van der Waals surface area (Å²) in [4.78, 5) is 2.62. The summed E-state index contributed by atoms with van der Waals surface area (Å²) in [5.74, 6) is 0.125. The summed E-state index contributed by atoms with van der Waals surface area (Å²) >= 11 is 0. The van der Waals surface area contributed by atoms with Gasteiger partial charge in [0.1, 0.15) is 0 Å². The van der Waals surface area contributed by atoms with E-state index >= 15 is 0 Å². The molecule has 118 valence electrons. The van der Waals surface area contributed by atoms with Gasteiger partial charge in [-0.1, -0.05) is 19.1 Å². The summed E-state index contributed by atoms with van der Waals surface area (Å²) in [6.45, 7) is 3.36. The number of nitrogens with zero attached hydrogens (tertiary/aromatic N) is 3.